The van der Waals surface area contributed by atoms with Crippen molar-refractivity contribution in [1.29, 1.82) is 0 Å². The lowest BCUT2D eigenvalue weighted by Crippen LogP contribution is -2.42. The molecule has 1 fully saturated rings. The van der Waals surface area contributed by atoms with E-state index in [1.807, 2.05) is 28.9 Å². The SMILES string of the molecule is CC(C)[C@@H](Cn1nnc2ccccc21)NC(=O)C1CC1. The first kappa shape index (κ1) is 13.1. The lowest BCUT2D eigenvalue weighted by atomic mass is 10.0. The van der Waals surface area contributed by atoms with Gasteiger partial charge < -0.3 is 5.32 Å². The highest BCUT2D eigenvalue weighted by atomic mass is 16.2. The lowest BCUT2D eigenvalue weighted by Gasteiger charge is -2.22. The summed E-state index contributed by atoms with van der Waals surface area (Å²) in [5.74, 6) is 0.789. The van der Waals surface area contributed by atoms with E-state index < -0.39 is 0 Å². The van der Waals surface area contributed by atoms with Crippen molar-refractivity contribution < 1.29 is 4.79 Å². The maximum atomic E-state index is 12.0. The van der Waals surface area contributed by atoms with Gasteiger partial charge in [-0.1, -0.05) is 31.2 Å². The maximum absolute atomic E-state index is 12.0. The Morgan fingerprint density at radius 3 is 2.85 bits per heavy atom. The second-order valence-electron chi connectivity index (χ2n) is 5.89. The highest BCUT2D eigenvalue weighted by Gasteiger charge is 2.31. The molecule has 0 unspecified atom stereocenters. The zero-order valence-corrected chi connectivity index (χ0v) is 11.9. The van der Waals surface area contributed by atoms with Gasteiger partial charge in [0.1, 0.15) is 5.52 Å². The summed E-state index contributed by atoms with van der Waals surface area (Å²) >= 11 is 0. The van der Waals surface area contributed by atoms with Crippen LogP contribution in [0, 0.1) is 11.8 Å². The van der Waals surface area contributed by atoms with Gasteiger partial charge in [0.15, 0.2) is 0 Å². The molecule has 1 aliphatic rings. The van der Waals surface area contributed by atoms with Crippen LogP contribution in [0.3, 0.4) is 0 Å². The summed E-state index contributed by atoms with van der Waals surface area (Å²) < 4.78 is 1.88. The molecule has 20 heavy (non-hydrogen) atoms. The number of carbonyl (C=O) groups excluding carboxylic acids is 1. The topological polar surface area (TPSA) is 59.8 Å². The van der Waals surface area contributed by atoms with E-state index in [2.05, 4.69) is 29.5 Å². The van der Waals surface area contributed by atoms with Crippen molar-refractivity contribution in [2.45, 2.75) is 39.3 Å². The predicted molar refractivity (Wildman–Crippen MR) is 77.0 cm³/mol. The molecule has 0 bridgehead atoms. The quantitative estimate of drug-likeness (QED) is 0.905. The largest absolute Gasteiger partial charge is 0.351 e. The molecular formula is C15H20N4O. The molecule has 3 rings (SSSR count). The van der Waals surface area contributed by atoms with Crippen molar-refractivity contribution >= 4 is 16.9 Å². The highest BCUT2D eigenvalue weighted by Crippen LogP contribution is 2.29. The van der Waals surface area contributed by atoms with Gasteiger partial charge >= 0.3 is 0 Å². The van der Waals surface area contributed by atoms with Crippen molar-refractivity contribution in [1.82, 2.24) is 20.3 Å². The number of hydrogen-bond acceptors (Lipinski definition) is 3. The Kier molecular flexibility index (Phi) is 3.42. The second-order valence-corrected chi connectivity index (χ2v) is 5.89. The molecule has 5 heteroatoms. The summed E-state index contributed by atoms with van der Waals surface area (Å²) in [6.07, 6.45) is 2.06. The molecule has 0 spiro atoms. The average Bonchev–Trinajstić information content (AvgIpc) is 3.21. The van der Waals surface area contributed by atoms with Gasteiger partial charge in [0.05, 0.1) is 18.1 Å². The molecule has 1 atom stereocenters. The van der Waals surface area contributed by atoms with Crippen molar-refractivity contribution in [3.05, 3.63) is 24.3 Å². The van der Waals surface area contributed by atoms with Crippen LogP contribution in [0.2, 0.25) is 0 Å². The van der Waals surface area contributed by atoms with Gasteiger partial charge in [-0.15, -0.1) is 5.10 Å². The summed E-state index contributed by atoms with van der Waals surface area (Å²) in [5.41, 5.74) is 1.90. The minimum atomic E-state index is 0.0909. The van der Waals surface area contributed by atoms with Gasteiger partial charge in [0, 0.05) is 5.92 Å². The number of amides is 1. The van der Waals surface area contributed by atoms with Crippen molar-refractivity contribution in [2.75, 3.05) is 0 Å². The number of benzene rings is 1. The monoisotopic (exact) mass is 272 g/mol. The van der Waals surface area contributed by atoms with Crippen molar-refractivity contribution in [2.24, 2.45) is 11.8 Å². The van der Waals surface area contributed by atoms with Crippen molar-refractivity contribution in [3.63, 3.8) is 0 Å². The van der Waals surface area contributed by atoms with E-state index in [0.717, 1.165) is 23.9 Å². The normalized spacial score (nSPS) is 16.6. The molecule has 1 aromatic carbocycles. The molecule has 1 heterocycles. The predicted octanol–water partition coefficient (Wildman–Crippen LogP) is 1.98. The van der Waals surface area contributed by atoms with Gasteiger partial charge in [-0.05, 0) is 30.9 Å². The van der Waals surface area contributed by atoms with Gasteiger partial charge in [-0.25, -0.2) is 4.68 Å². The van der Waals surface area contributed by atoms with E-state index >= 15 is 0 Å². The fourth-order valence-corrected chi connectivity index (χ4v) is 2.31. The number of carbonyl (C=O) groups is 1. The fourth-order valence-electron chi connectivity index (χ4n) is 2.31. The van der Waals surface area contributed by atoms with Gasteiger partial charge in [-0.3, -0.25) is 4.79 Å². The van der Waals surface area contributed by atoms with E-state index in [0.29, 0.717) is 12.5 Å². The molecule has 1 N–H and O–H groups in total. The van der Waals surface area contributed by atoms with Crippen LogP contribution in [0.5, 0.6) is 0 Å². The molecule has 2 aromatic rings. The van der Waals surface area contributed by atoms with E-state index in [9.17, 15) is 4.79 Å². The van der Waals surface area contributed by atoms with Crippen LogP contribution in [0.15, 0.2) is 24.3 Å². The Labute approximate surface area is 118 Å². The first-order valence-corrected chi connectivity index (χ1v) is 7.24. The third kappa shape index (κ3) is 2.66. The molecular weight excluding hydrogens is 252 g/mol. The molecule has 0 aliphatic heterocycles. The summed E-state index contributed by atoms with van der Waals surface area (Å²) in [4.78, 5) is 12.0. The van der Waals surface area contributed by atoms with Crippen LogP contribution in [0.1, 0.15) is 26.7 Å². The molecule has 5 nitrogen and oxygen atoms in total. The minimum absolute atomic E-state index is 0.0909. The summed E-state index contributed by atoms with van der Waals surface area (Å²) in [7, 11) is 0. The first-order chi connectivity index (χ1) is 9.65. The molecule has 1 aliphatic carbocycles. The third-order valence-electron chi connectivity index (χ3n) is 3.87. The van der Waals surface area contributed by atoms with Crippen LogP contribution in [-0.4, -0.2) is 26.9 Å². The number of fused-ring (bicyclic) bond motifs is 1. The minimum Gasteiger partial charge on any atom is -0.351 e. The molecule has 1 saturated carbocycles. The fraction of sp³-hybridized carbons (Fsp3) is 0.533. The Balaban J connectivity index is 1.76. The highest BCUT2D eigenvalue weighted by molar-refractivity contribution is 5.81. The van der Waals surface area contributed by atoms with Gasteiger partial charge in [0.2, 0.25) is 5.91 Å². The number of hydrogen-bond donors (Lipinski definition) is 1. The smallest absolute Gasteiger partial charge is 0.223 e. The first-order valence-electron chi connectivity index (χ1n) is 7.24. The molecule has 1 amide bonds. The molecule has 106 valence electrons. The Morgan fingerprint density at radius 1 is 1.40 bits per heavy atom. The van der Waals surface area contributed by atoms with Gasteiger partial charge in [0.25, 0.3) is 0 Å². The van der Waals surface area contributed by atoms with Crippen LogP contribution < -0.4 is 5.32 Å². The van der Waals surface area contributed by atoms with Gasteiger partial charge in [-0.2, -0.15) is 0 Å². The number of para-hydroxylation sites is 1. The number of nitrogens with zero attached hydrogens (tertiary/aromatic N) is 3. The lowest BCUT2D eigenvalue weighted by molar-refractivity contribution is -0.123. The Morgan fingerprint density at radius 2 is 2.15 bits per heavy atom. The van der Waals surface area contributed by atoms with Crippen LogP contribution >= 0.6 is 0 Å². The van der Waals surface area contributed by atoms with E-state index in [1.165, 1.54) is 0 Å². The molecule has 1 aromatic heterocycles. The zero-order valence-electron chi connectivity index (χ0n) is 11.9. The number of aromatic nitrogens is 3. The van der Waals surface area contributed by atoms with Crippen LogP contribution in [0.25, 0.3) is 11.0 Å². The molecule has 0 radical (unpaired) electrons. The molecule has 0 saturated heterocycles. The zero-order chi connectivity index (χ0) is 14.1. The maximum Gasteiger partial charge on any atom is 0.223 e. The number of nitrogens with one attached hydrogen (secondary N) is 1. The Bertz CT molecular complexity index is 615. The summed E-state index contributed by atoms with van der Waals surface area (Å²) in [5, 5.41) is 11.5. The van der Waals surface area contributed by atoms with E-state index in [1.54, 1.807) is 0 Å². The van der Waals surface area contributed by atoms with E-state index in [-0.39, 0.29) is 17.9 Å². The number of rotatable bonds is 5. The standard InChI is InChI=1S/C15H20N4O/c1-10(2)13(16-15(20)11-7-8-11)9-19-14-6-4-3-5-12(14)17-18-19/h3-6,10-11,13H,7-9H2,1-2H3,(H,16,20)/t13-/m1/s1. The van der Waals surface area contributed by atoms with Crippen molar-refractivity contribution in [3.8, 4) is 0 Å². The third-order valence-corrected chi connectivity index (χ3v) is 3.87. The van der Waals surface area contributed by atoms with Crippen LogP contribution in [-0.2, 0) is 11.3 Å². The second kappa shape index (κ2) is 5.23. The van der Waals surface area contributed by atoms with E-state index in [4.69, 9.17) is 0 Å². The summed E-state index contributed by atoms with van der Waals surface area (Å²) in [6, 6.07) is 7.99. The van der Waals surface area contributed by atoms with Crippen LogP contribution in [0.4, 0.5) is 0 Å². The average molecular weight is 272 g/mol. The summed E-state index contributed by atoms with van der Waals surface area (Å²) in [6.45, 7) is 4.91. The Hall–Kier alpha value is -1.91.